The zero-order valence-corrected chi connectivity index (χ0v) is 69.6. The average molecular weight is 1610 g/mol. The summed E-state index contributed by atoms with van der Waals surface area (Å²) in [6.45, 7) is 18.9. The van der Waals surface area contributed by atoms with Gasteiger partial charge in [-0.25, -0.2) is 0 Å². The third kappa shape index (κ3) is 15.6. The van der Waals surface area contributed by atoms with Crippen molar-refractivity contribution in [3.05, 3.63) is 224 Å². The van der Waals surface area contributed by atoms with Gasteiger partial charge in [0.25, 0.3) is 23.6 Å². The van der Waals surface area contributed by atoms with Crippen molar-refractivity contribution >= 4 is 89.9 Å². The fourth-order valence-electron chi connectivity index (χ4n) is 19.3. The van der Waals surface area contributed by atoms with E-state index in [0.717, 1.165) is 122 Å². The van der Waals surface area contributed by atoms with Crippen LogP contribution in [0.15, 0.2) is 158 Å². The molecule has 0 radical (unpaired) electrons. The molecule has 6 heterocycles. The van der Waals surface area contributed by atoms with Crippen molar-refractivity contribution in [1.29, 1.82) is 0 Å². The van der Waals surface area contributed by atoms with Crippen molar-refractivity contribution in [3.8, 4) is 46.0 Å². The minimum absolute atomic E-state index is 0.0911. The number of carbonyl (C=O) groups excluding carboxylic acids is 6. The Bertz CT molecular complexity index is 5510. The number of carbonyl (C=O) groups is 6. The van der Waals surface area contributed by atoms with Gasteiger partial charge >= 0.3 is 0 Å². The summed E-state index contributed by atoms with van der Waals surface area (Å²) >= 11 is 0. The lowest BCUT2D eigenvalue weighted by Gasteiger charge is -2.40. The molecular weight excluding hydrogens is 1510 g/mol. The largest absolute Gasteiger partial charge is 0.457 e. The van der Waals surface area contributed by atoms with Crippen molar-refractivity contribution in [2.45, 2.75) is 168 Å². The fourth-order valence-corrected chi connectivity index (χ4v) is 19.3. The van der Waals surface area contributed by atoms with Gasteiger partial charge in [0.15, 0.2) is 0 Å². The van der Waals surface area contributed by atoms with Crippen LogP contribution in [0.25, 0.3) is 43.1 Å². The van der Waals surface area contributed by atoms with Gasteiger partial charge in [0.2, 0.25) is 11.8 Å². The van der Waals surface area contributed by atoms with E-state index in [-0.39, 0.29) is 80.4 Å². The number of likely N-dealkylation sites (N-methyl/N-ethyl adjacent to an activating group) is 2. The predicted octanol–water partition coefficient (Wildman–Crippen LogP) is 19.2. The van der Waals surface area contributed by atoms with E-state index >= 15 is 28.8 Å². The SMILES string of the molecule is Cc1ccc(Oc2cc3c4c(cc(Oc5ccc(C)cc5C)c5c6c(Oc7ccc(C)cc7C)cc7c8c(cc(Oc9ccc(C)cc9)c(c2c45)c86)C(=O)N(C(C(=O)N(C)c2cccc(CN(CC4CO4)CC4CO4)c2)C2CCCCCC2)C7=O)C(=O)N(C(C(=O)N(C)c2cccc(CN(CC4CO4)CC4CO4)c2)C2CCCCCC2)C3=O)cc1. The minimum atomic E-state index is -1.28. The number of hydrogen-bond acceptors (Lipinski definition) is 16. The second kappa shape index (κ2) is 32.5. The highest BCUT2D eigenvalue weighted by molar-refractivity contribution is 6.45. The van der Waals surface area contributed by atoms with E-state index in [1.54, 1.807) is 48.2 Å². The first kappa shape index (κ1) is 78.7. The summed E-state index contributed by atoms with van der Waals surface area (Å²) < 4.78 is 52.8. The van der Waals surface area contributed by atoms with Crippen molar-refractivity contribution in [2.24, 2.45) is 11.8 Å². The number of anilines is 2. The van der Waals surface area contributed by atoms with Crippen LogP contribution in [0.3, 0.4) is 0 Å². The Morgan fingerprint density at radius 3 is 0.975 bits per heavy atom. The molecule has 19 rings (SSSR count). The molecule has 11 aromatic carbocycles. The molecule has 6 fully saturated rings. The maximum atomic E-state index is 17.2. The van der Waals surface area contributed by atoms with Gasteiger partial charge in [-0.3, -0.25) is 48.4 Å². The first-order valence-corrected chi connectivity index (χ1v) is 43.0. The quantitative estimate of drug-likeness (QED) is 0.0147. The zero-order chi connectivity index (χ0) is 82.5. The molecule has 0 aromatic heterocycles. The van der Waals surface area contributed by atoms with Gasteiger partial charge in [-0.2, -0.15) is 0 Å². The fraction of sp³-hybridized carbons (Fsp3) is 0.380. The van der Waals surface area contributed by atoms with Crippen LogP contribution in [0, 0.1) is 53.4 Å². The molecule has 20 nitrogen and oxygen atoms in total. The van der Waals surface area contributed by atoms with Crippen LogP contribution in [-0.2, 0) is 41.6 Å². The van der Waals surface area contributed by atoms with E-state index < -0.39 is 59.4 Å². The van der Waals surface area contributed by atoms with Gasteiger partial charge in [-0.05, 0) is 186 Å². The van der Waals surface area contributed by atoms with E-state index in [9.17, 15) is 0 Å². The van der Waals surface area contributed by atoms with E-state index in [0.29, 0.717) is 132 Å². The summed E-state index contributed by atoms with van der Waals surface area (Å²) in [5.41, 5.74) is 9.00. The molecule has 6 atom stereocenters. The molecule has 20 heteroatoms. The molecule has 6 amide bonds. The predicted molar refractivity (Wildman–Crippen MR) is 462 cm³/mol. The van der Waals surface area contributed by atoms with E-state index in [2.05, 4.69) is 21.9 Å². The smallest absolute Gasteiger partial charge is 0.262 e. The highest BCUT2D eigenvalue weighted by Crippen LogP contribution is 2.59. The normalized spacial score (nSPS) is 19.6. The van der Waals surface area contributed by atoms with Crippen molar-refractivity contribution in [3.63, 3.8) is 0 Å². The van der Waals surface area contributed by atoms with Gasteiger partial charge in [0.1, 0.15) is 58.1 Å². The van der Waals surface area contributed by atoms with Gasteiger partial charge in [-0.15, -0.1) is 0 Å². The molecule has 2 saturated carbocycles. The number of aryl methyl sites for hydroxylation is 6. The number of imide groups is 2. The van der Waals surface area contributed by atoms with Crippen LogP contribution in [0.2, 0.25) is 0 Å². The Morgan fingerprint density at radius 2 is 0.667 bits per heavy atom. The monoisotopic (exact) mass is 1610 g/mol. The number of amides is 6. The van der Waals surface area contributed by atoms with Crippen LogP contribution < -0.4 is 28.7 Å². The van der Waals surface area contributed by atoms with Gasteiger partial charge in [0.05, 0.1) is 73.1 Å². The molecule has 4 saturated heterocycles. The lowest BCUT2D eigenvalue weighted by atomic mass is 9.79. The van der Waals surface area contributed by atoms with Crippen molar-refractivity contribution in [2.75, 3.05) is 76.5 Å². The molecule has 0 bridgehead atoms. The van der Waals surface area contributed by atoms with Gasteiger partial charge < -0.3 is 47.7 Å². The summed E-state index contributed by atoms with van der Waals surface area (Å²) in [5.74, 6) is -2.12. The Balaban J connectivity index is 0.852. The number of hydrogen-bond donors (Lipinski definition) is 0. The standard InChI is InChI=1S/C100H102N6O14/c1-57-27-33-69(34-28-57)117-81-43-75-85-77(97(109)105(95(75)107)93(65-21-13-9-10-14-22-65)99(111)101(7)67-25-17-19-63(41-67)47-103(49-71-53-113-71)50-72-54-114-72)45-83(119-79-37-31-59(3)39-61(79)5)89-90-84(120-80-38-32-60(4)40-62(80)6)46-78-86-76(44-82(88(92(86)90)87(81)91(85)89)118-70-35-29-58(2)30-36-70)96(108)106(98(78)110)94(66-23-15-11-12-16-24-66)100(112)102(8)68-26-18-20-64(42-68)48-104(51-73-55-115-73)52-74-56-116-74/h17-20,25-46,65-66,71-74,93-94H,9-16,21-24,47-56H2,1-8H3. The second-order valence-electron chi connectivity index (χ2n) is 35.0. The van der Waals surface area contributed by atoms with E-state index in [4.69, 9.17) is 37.9 Å². The molecule has 8 aliphatic rings. The Hall–Kier alpha value is -11.1. The molecule has 0 N–H and O–H groups in total. The average Bonchev–Trinajstić information content (AvgIpc) is 1.17. The van der Waals surface area contributed by atoms with Gasteiger partial charge in [-0.1, -0.05) is 146 Å². The summed E-state index contributed by atoms with van der Waals surface area (Å²) in [6.07, 6.45) is 9.86. The zero-order valence-electron chi connectivity index (χ0n) is 69.6. The number of fused-ring (bicyclic) bond motifs is 2. The first-order valence-electron chi connectivity index (χ1n) is 43.0. The van der Waals surface area contributed by atoms with Crippen molar-refractivity contribution < 1.29 is 66.7 Å². The number of rotatable bonds is 28. The molecular formula is C100H102N6O14. The summed E-state index contributed by atoms with van der Waals surface area (Å²) in [7, 11) is 3.48. The van der Waals surface area contributed by atoms with Crippen LogP contribution in [-0.4, -0.2) is 158 Å². The first-order chi connectivity index (χ1) is 58.2. The van der Waals surface area contributed by atoms with Crippen LogP contribution in [0.1, 0.15) is 163 Å². The minimum Gasteiger partial charge on any atom is -0.457 e. The molecule has 120 heavy (non-hydrogen) atoms. The summed E-state index contributed by atoms with van der Waals surface area (Å²) in [6, 6.07) is 47.0. The third-order valence-corrected chi connectivity index (χ3v) is 25.8. The highest BCUT2D eigenvalue weighted by Gasteiger charge is 2.51. The molecule has 2 aliphatic carbocycles. The number of nitrogens with zero attached hydrogens (tertiary/aromatic N) is 6. The molecule has 11 aromatic rings. The third-order valence-electron chi connectivity index (χ3n) is 25.8. The Labute approximate surface area is 699 Å². The van der Waals surface area contributed by atoms with E-state index in [1.807, 2.05) is 163 Å². The number of benzene rings is 11. The molecule has 616 valence electrons. The van der Waals surface area contributed by atoms with Crippen LogP contribution >= 0.6 is 0 Å². The van der Waals surface area contributed by atoms with E-state index in [1.165, 1.54) is 9.80 Å². The lowest BCUT2D eigenvalue weighted by Crippen LogP contribution is -2.57. The maximum Gasteiger partial charge on any atom is 0.262 e. The van der Waals surface area contributed by atoms with Crippen molar-refractivity contribution in [1.82, 2.24) is 19.6 Å². The Kier molecular flexibility index (Phi) is 21.3. The van der Waals surface area contributed by atoms with Crippen LogP contribution in [0.5, 0.6) is 46.0 Å². The molecule has 6 unspecified atom stereocenters. The second-order valence-corrected chi connectivity index (χ2v) is 35.0. The van der Waals surface area contributed by atoms with Gasteiger partial charge in [0, 0.05) is 108 Å². The molecule has 0 spiro atoms. The summed E-state index contributed by atoms with van der Waals surface area (Å²) in [5, 5.41) is 2.65. The number of ether oxygens (including phenoxy) is 8. The highest BCUT2D eigenvalue weighted by atomic mass is 16.6. The lowest BCUT2D eigenvalue weighted by molar-refractivity contribution is -0.124. The Morgan fingerprint density at radius 1 is 0.358 bits per heavy atom. The van der Waals surface area contributed by atoms with Crippen LogP contribution in [0.4, 0.5) is 11.4 Å². The summed E-state index contributed by atoms with van der Waals surface area (Å²) in [4.78, 5) is 112. The maximum absolute atomic E-state index is 17.2. The topological polar surface area (TPSA) is 209 Å². The number of epoxide rings is 4. The molecule has 6 aliphatic heterocycles.